The summed E-state index contributed by atoms with van der Waals surface area (Å²) in [7, 11) is 2.16. The third kappa shape index (κ3) is 4.31. The Hall–Kier alpha value is -2.51. The highest BCUT2D eigenvalue weighted by Gasteiger charge is 2.16. The number of hydrogen-bond acceptors (Lipinski definition) is 7. The molecule has 1 aliphatic rings. The lowest BCUT2D eigenvalue weighted by Crippen LogP contribution is -2.44. The van der Waals surface area contributed by atoms with Crippen LogP contribution in [0.2, 0.25) is 0 Å². The van der Waals surface area contributed by atoms with Gasteiger partial charge in [-0.25, -0.2) is 15.0 Å². The Morgan fingerprint density at radius 3 is 2.61 bits per heavy atom. The van der Waals surface area contributed by atoms with Crippen LogP contribution in [0.3, 0.4) is 0 Å². The molecular formula is C21H26N6S. The molecule has 0 radical (unpaired) electrons. The summed E-state index contributed by atoms with van der Waals surface area (Å²) in [5.74, 6) is 2.65. The molecule has 1 N–H and O–H groups in total. The second-order valence-corrected chi connectivity index (χ2v) is 8.12. The molecule has 1 aromatic carbocycles. The molecule has 4 rings (SSSR count). The van der Waals surface area contributed by atoms with Crippen LogP contribution >= 0.6 is 11.3 Å². The first-order valence-corrected chi connectivity index (χ1v) is 10.5. The standard InChI is InChI=1S/C21H26N6S/c1-15-6-4-5-7-18(15)21-25-17(14-28-21)13-22-19-12-20(24-16(2)23-19)27-10-8-26(3)9-11-27/h4-7,12,14H,8-11,13H2,1-3H3,(H,22,23,24). The Morgan fingerprint density at radius 1 is 1.04 bits per heavy atom. The molecular weight excluding hydrogens is 368 g/mol. The van der Waals surface area contributed by atoms with Crippen molar-refractivity contribution in [2.24, 2.45) is 0 Å². The second kappa shape index (κ2) is 8.24. The summed E-state index contributed by atoms with van der Waals surface area (Å²) in [6.07, 6.45) is 0. The van der Waals surface area contributed by atoms with Gasteiger partial charge < -0.3 is 15.1 Å². The maximum absolute atomic E-state index is 4.80. The van der Waals surface area contributed by atoms with E-state index in [1.54, 1.807) is 11.3 Å². The van der Waals surface area contributed by atoms with Gasteiger partial charge >= 0.3 is 0 Å². The highest BCUT2D eigenvalue weighted by molar-refractivity contribution is 7.13. The van der Waals surface area contributed by atoms with Crippen LogP contribution in [0.1, 0.15) is 17.1 Å². The van der Waals surface area contributed by atoms with Crippen LogP contribution in [0.4, 0.5) is 11.6 Å². The van der Waals surface area contributed by atoms with Crippen molar-refractivity contribution in [2.45, 2.75) is 20.4 Å². The fourth-order valence-corrected chi connectivity index (χ4v) is 4.26. The van der Waals surface area contributed by atoms with Crippen molar-refractivity contribution in [3.63, 3.8) is 0 Å². The lowest BCUT2D eigenvalue weighted by atomic mass is 10.1. The van der Waals surface area contributed by atoms with Gasteiger partial charge in [-0.3, -0.25) is 0 Å². The van der Waals surface area contributed by atoms with Gasteiger partial charge in [0, 0.05) is 43.2 Å². The molecule has 3 aromatic rings. The van der Waals surface area contributed by atoms with E-state index in [4.69, 9.17) is 4.98 Å². The van der Waals surface area contributed by atoms with E-state index in [-0.39, 0.29) is 0 Å². The van der Waals surface area contributed by atoms with Gasteiger partial charge in [-0.15, -0.1) is 11.3 Å². The third-order valence-corrected chi connectivity index (χ3v) is 5.95. The maximum Gasteiger partial charge on any atom is 0.134 e. The lowest BCUT2D eigenvalue weighted by Gasteiger charge is -2.33. The van der Waals surface area contributed by atoms with E-state index in [1.807, 2.05) is 13.0 Å². The summed E-state index contributed by atoms with van der Waals surface area (Å²) in [5.41, 5.74) is 3.48. The minimum atomic E-state index is 0.654. The number of hydrogen-bond donors (Lipinski definition) is 1. The second-order valence-electron chi connectivity index (χ2n) is 7.26. The zero-order valence-corrected chi connectivity index (χ0v) is 17.5. The monoisotopic (exact) mass is 394 g/mol. The molecule has 1 saturated heterocycles. The van der Waals surface area contributed by atoms with Gasteiger partial charge in [-0.1, -0.05) is 24.3 Å². The Balaban J connectivity index is 1.45. The Bertz CT molecular complexity index is 946. The smallest absolute Gasteiger partial charge is 0.134 e. The molecule has 146 valence electrons. The van der Waals surface area contributed by atoms with Gasteiger partial charge in [-0.2, -0.15) is 0 Å². The Labute approximate surface area is 170 Å². The number of anilines is 2. The van der Waals surface area contributed by atoms with Gasteiger partial charge in [0.2, 0.25) is 0 Å². The molecule has 0 spiro atoms. The van der Waals surface area contributed by atoms with Crippen molar-refractivity contribution in [3.05, 3.63) is 52.8 Å². The van der Waals surface area contributed by atoms with Crippen LogP contribution in [0.15, 0.2) is 35.7 Å². The SMILES string of the molecule is Cc1nc(NCc2csc(-c3ccccc3C)n2)cc(N2CCN(C)CC2)n1. The number of aryl methyl sites for hydroxylation is 2. The zero-order valence-electron chi connectivity index (χ0n) is 16.6. The number of nitrogens with zero attached hydrogens (tertiary/aromatic N) is 5. The average molecular weight is 395 g/mol. The predicted octanol–water partition coefficient (Wildman–Crippen LogP) is 3.58. The molecule has 0 amide bonds. The summed E-state index contributed by atoms with van der Waals surface area (Å²) < 4.78 is 0. The quantitative estimate of drug-likeness (QED) is 0.714. The maximum atomic E-state index is 4.80. The van der Waals surface area contributed by atoms with Gasteiger partial charge in [0.15, 0.2) is 0 Å². The molecule has 3 heterocycles. The van der Waals surface area contributed by atoms with Crippen LogP contribution in [0.5, 0.6) is 0 Å². The highest BCUT2D eigenvalue weighted by Crippen LogP contribution is 2.27. The summed E-state index contributed by atoms with van der Waals surface area (Å²) in [5, 5.41) is 6.60. The van der Waals surface area contributed by atoms with Crippen molar-refractivity contribution >= 4 is 23.0 Å². The Morgan fingerprint density at radius 2 is 1.82 bits per heavy atom. The number of nitrogens with one attached hydrogen (secondary N) is 1. The minimum absolute atomic E-state index is 0.654. The van der Waals surface area contributed by atoms with E-state index in [2.05, 4.69) is 68.7 Å². The van der Waals surface area contributed by atoms with Crippen molar-refractivity contribution in [1.82, 2.24) is 19.9 Å². The molecule has 0 saturated carbocycles. The van der Waals surface area contributed by atoms with Gasteiger partial charge in [0.25, 0.3) is 0 Å². The number of piperazine rings is 1. The van der Waals surface area contributed by atoms with Crippen LogP contribution in [-0.4, -0.2) is 53.1 Å². The van der Waals surface area contributed by atoms with Crippen molar-refractivity contribution in [3.8, 4) is 10.6 Å². The van der Waals surface area contributed by atoms with Crippen LogP contribution in [0, 0.1) is 13.8 Å². The highest BCUT2D eigenvalue weighted by atomic mass is 32.1. The molecule has 7 heteroatoms. The van der Waals surface area contributed by atoms with Gasteiger partial charge in [0.1, 0.15) is 22.5 Å². The number of benzene rings is 1. The first-order chi connectivity index (χ1) is 13.6. The number of aromatic nitrogens is 3. The summed E-state index contributed by atoms with van der Waals surface area (Å²) >= 11 is 1.68. The summed E-state index contributed by atoms with van der Waals surface area (Å²) in [6.45, 7) is 8.85. The van der Waals surface area contributed by atoms with Crippen LogP contribution < -0.4 is 10.2 Å². The van der Waals surface area contributed by atoms with E-state index >= 15 is 0 Å². The van der Waals surface area contributed by atoms with Gasteiger partial charge in [0.05, 0.1) is 12.2 Å². The van der Waals surface area contributed by atoms with Crippen molar-refractivity contribution < 1.29 is 0 Å². The van der Waals surface area contributed by atoms with Crippen molar-refractivity contribution in [1.29, 1.82) is 0 Å². The first kappa shape index (κ1) is 18.8. The number of thiazole rings is 1. The summed E-state index contributed by atoms with van der Waals surface area (Å²) in [4.78, 5) is 18.7. The van der Waals surface area contributed by atoms with E-state index in [1.165, 1.54) is 11.1 Å². The van der Waals surface area contributed by atoms with Crippen LogP contribution in [0.25, 0.3) is 10.6 Å². The predicted molar refractivity (Wildman–Crippen MR) is 116 cm³/mol. The number of likely N-dealkylation sites (N-methyl/N-ethyl adjacent to an activating group) is 1. The normalized spacial score (nSPS) is 15.0. The Kier molecular flexibility index (Phi) is 5.54. The minimum Gasteiger partial charge on any atom is -0.364 e. The molecule has 0 unspecified atom stereocenters. The average Bonchev–Trinajstić information content (AvgIpc) is 3.16. The molecule has 28 heavy (non-hydrogen) atoms. The molecule has 2 aromatic heterocycles. The van der Waals surface area contributed by atoms with E-state index in [0.29, 0.717) is 6.54 Å². The van der Waals surface area contributed by atoms with E-state index < -0.39 is 0 Å². The zero-order chi connectivity index (χ0) is 19.5. The van der Waals surface area contributed by atoms with E-state index in [0.717, 1.165) is 54.3 Å². The molecule has 0 bridgehead atoms. The molecule has 0 aliphatic carbocycles. The molecule has 6 nitrogen and oxygen atoms in total. The van der Waals surface area contributed by atoms with Crippen LogP contribution in [-0.2, 0) is 6.54 Å². The third-order valence-electron chi connectivity index (χ3n) is 5.03. The van der Waals surface area contributed by atoms with Crippen molar-refractivity contribution in [2.75, 3.05) is 43.4 Å². The first-order valence-electron chi connectivity index (χ1n) is 9.62. The molecule has 0 atom stereocenters. The number of rotatable bonds is 5. The fourth-order valence-electron chi connectivity index (χ4n) is 3.35. The molecule has 1 aliphatic heterocycles. The largest absolute Gasteiger partial charge is 0.364 e. The fraction of sp³-hybridized carbons (Fsp3) is 0.381. The molecule has 1 fully saturated rings. The summed E-state index contributed by atoms with van der Waals surface area (Å²) in [6, 6.07) is 10.4. The topological polar surface area (TPSA) is 57.2 Å². The van der Waals surface area contributed by atoms with Gasteiger partial charge in [-0.05, 0) is 26.5 Å². The van der Waals surface area contributed by atoms with E-state index in [9.17, 15) is 0 Å². The lowest BCUT2D eigenvalue weighted by molar-refractivity contribution is 0.312.